The normalized spacial score (nSPS) is 11.8. The van der Waals surface area contributed by atoms with Crippen molar-refractivity contribution >= 4 is 11.8 Å². The van der Waals surface area contributed by atoms with Crippen molar-refractivity contribution < 1.29 is 9.47 Å². The largest absolute Gasteiger partial charge is 0.497 e. The SMILES string of the molecule is CCCCc1nnc(SCc2ccc(OC)cc2)n1Cc1ccc(OC(c2ccccc2)c2nn[nH]n2)cc1. The Labute approximate surface area is 232 Å². The summed E-state index contributed by atoms with van der Waals surface area (Å²) in [7, 11) is 1.68. The topological polar surface area (TPSA) is 104 Å². The average molecular weight is 542 g/mol. The second-order valence-corrected chi connectivity index (χ2v) is 9.99. The number of aromatic amines is 1. The summed E-state index contributed by atoms with van der Waals surface area (Å²) in [6.45, 7) is 2.88. The lowest BCUT2D eigenvalue weighted by Crippen LogP contribution is -2.11. The van der Waals surface area contributed by atoms with Crippen LogP contribution in [0.2, 0.25) is 0 Å². The molecule has 2 aromatic heterocycles. The molecule has 0 aliphatic heterocycles. The Kier molecular flexibility index (Phi) is 8.85. The first-order chi connectivity index (χ1) is 19.2. The summed E-state index contributed by atoms with van der Waals surface area (Å²) in [6.07, 6.45) is 2.62. The molecule has 39 heavy (non-hydrogen) atoms. The first kappa shape index (κ1) is 26.4. The van der Waals surface area contributed by atoms with Gasteiger partial charge in [-0.1, -0.05) is 84.9 Å². The lowest BCUT2D eigenvalue weighted by Gasteiger charge is -2.17. The highest BCUT2D eigenvalue weighted by atomic mass is 32.2. The highest BCUT2D eigenvalue weighted by Crippen LogP contribution is 2.28. The van der Waals surface area contributed by atoms with Crippen molar-refractivity contribution in [2.45, 2.75) is 49.7 Å². The third-order valence-electron chi connectivity index (χ3n) is 6.29. The minimum Gasteiger partial charge on any atom is -0.497 e. The standard InChI is InChI=1S/C29H31N7O2S/c1-3-4-10-26-30-33-29(39-20-22-13-15-24(37-2)16-14-22)36(26)19-21-11-17-25(18-12-21)38-27(28-31-34-35-32-28)23-8-6-5-7-9-23/h5-9,11-18,27H,3-4,10,19-20H2,1-2H3,(H,31,32,34,35). The molecular formula is C29H31N7O2S. The van der Waals surface area contributed by atoms with Crippen LogP contribution in [0.4, 0.5) is 0 Å². The number of H-pyrrole nitrogens is 1. The molecule has 0 spiro atoms. The Hall–Kier alpha value is -4.18. The number of ether oxygens (including phenoxy) is 2. The van der Waals surface area contributed by atoms with Gasteiger partial charge < -0.3 is 14.0 Å². The van der Waals surface area contributed by atoms with Crippen LogP contribution in [0.5, 0.6) is 11.5 Å². The van der Waals surface area contributed by atoms with E-state index in [2.05, 4.69) is 66.6 Å². The molecule has 0 fully saturated rings. The molecule has 1 atom stereocenters. The molecule has 0 bridgehead atoms. The molecular weight excluding hydrogens is 510 g/mol. The van der Waals surface area contributed by atoms with E-state index in [-0.39, 0.29) is 0 Å². The summed E-state index contributed by atoms with van der Waals surface area (Å²) in [5.41, 5.74) is 3.30. The molecule has 3 aromatic carbocycles. The fourth-order valence-corrected chi connectivity index (χ4v) is 5.06. The smallest absolute Gasteiger partial charge is 0.219 e. The van der Waals surface area contributed by atoms with Crippen LogP contribution in [0, 0.1) is 0 Å². The first-order valence-corrected chi connectivity index (χ1v) is 13.9. The minimum absolute atomic E-state index is 0.463. The Morgan fingerprint density at radius 2 is 1.62 bits per heavy atom. The Balaban J connectivity index is 1.31. The molecule has 9 nitrogen and oxygen atoms in total. The van der Waals surface area contributed by atoms with Crippen LogP contribution in [0.1, 0.15) is 54.2 Å². The maximum atomic E-state index is 6.31. The van der Waals surface area contributed by atoms with E-state index in [1.807, 2.05) is 54.6 Å². The van der Waals surface area contributed by atoms with Crippen LogP contribution < -0.4 is 9.47 Å². The molecule has 0 radical (unpaired) electrons. The van der Waals surface area contributed by atoms with Gasteiger partial charge in [0.2, 0.25) is 5.82 Å². The first-order valence-electron chi connectivity index (χ1n) is 12.9. The van der Waals surface area contributed by atoms with Gasteiger partial charge in [0.25, 0.3) is 0 Å². The van der Waals surface area contributed by atoms with Gasteiger partial charge in [-0.2, -0.15) is 5.21 Å². The van der Waals surface area contributed by atoms with Crippen molar-refractivity contribution in [3.05, 3.63) is 107 Å². The second kappa shape index (κ2) is 13.1. The molecule has 1 N–H and O–H groups in total. The summed E-state index contributed by atoms with van der Waals surface area (Å²) < 4.78 is 13.8. The zero-order chi connectivity index (χ0) is 26.9. The third kappa shape index (κ3) is 6.83. The highest BCUT2D eigenvalue weighted by molar-refractivity contribution is 7.98. The van der Waals surface area contributed by atoms with Crippen molar-refractivity contribution in [3.8, 4) is 11.5 Å². The molecule has 5 aromatic rings. The van der Waals surface area contributed by atoms with Gasteiger partial charge in [0.1, 0.15) is 17.3 Å². The number of benzene rings is 3. The van der Waals surface area contributed by atoms with Crippen LogP contribution in [-0.2, 0) is 18.7 Å². The van der Waals surface area contributed by atoms with E-state index < -0.39 is 6.10 Å². The number of methoxy groups -OCH3 is 1. The molecule has 0 amide bonds. The van der Waals surface area contributed by atoms with E-state index in [1.165, 1.54) is 5.56 Å². The van der Waals surface area contributed by atoms with Crippen molar-refractivity contribution in [1.29, 1.82) is 0 Å². The maximum absolute atomic E-state index is 6.31. The molecule has 0 aliphatic carbocycles. The summed E-state index contributed by atoms with van der Waals surface area (Å²) in [4.78, 5) is 0. The van der Waals surface area contributed by atoms with Crippen molar-refractivity contribution in [1.82, 2.24) is 35.4 Å². The van der Waals surface area contributed by atoms with Gasteiger partial charge in [-0.15, -0.1) is 20.4 Å². The number of aryl methyl sites for hydroxylation is 1. The molecule has 200 valence electrons. The number of nitrogens with one attached hydrogen (secondary N) is 1. The fraction of sp³-hybridized carbons (Fsp3) is 0.276. The van der Waals surface area contributed by atoms with Gasteiger partial charge in [-0.05, 0) is 41.8 Å². The Bertz CT molecular complexity index is 1420. The molecule has 10 heteroatoms. The number of hydrogen-bond acceptors (Lipinski definition) is 8. The highest BCUT2D eigenvalue weighted by Gasteiger charge is 2.21. The average Bonchev–Trinajstić information content (AvgIpc) is 3.66. The van der Waals surface area contributed by atoms with E-state index in [1.54, 1.807) is 18.9 Å². The van der Waals surface area contributed by atoms with E-state index in [9.17, 15) is 0 Å². The zero-order valence-electron chi connectivity index (χ0n) is 22.0. The summed E-state index contributed by atoms with van der Waals surface area (Å²) in [6, 6.07) is 26.1. The Morgan fingerprint density at radius 3 is 2.31 bits per heavy atom. The Morgan fingerprint density at radius 1 is 0.872 bits per heavy atom. The fourth-order valence-electron chi connectivity index (χ4n) is 4.14. The quantitative estimate of drug-likeness (QED) is 0.191. The molecule has 0 saturated carbocycles. The predicted octanol–water partition coefficient (Wildman–Crippen LogP) is 5.65. The lowest BCUT2D eigenvalue weighted by atomic mass is 10.1. The lowest BCUT2D eigenvalue weighted by molar-refractivity contribution is 0.237. The van der Waals surface area contributed by atoms with Gasteiger partial charge in [0, 0.05) is 17.7 Å². The minimum atomic E-state index is -0.463. The maximum Gasteiger partial charge on any atom is 0.219 e. The van der Waals surface area contributed by atoms with E-state index in [4.69, 9.17) is 9.47 Å². The molecule has 0 aliphatic rings. The summed E-state index contributed by atoms with van der Waals surface area (Å²) in [5.74, 6) is 3.87. The molecule has 5 rings (SSSR count). The van der Waals surface area contributed by atoms with E-state index >= 15 is 0 Å². The number of unbranched alkanes of at least 4 members (excludes halogenated alkanes) is 1. The number of aromatic nitrogens is 7. The monoisotopic (exact) mass is 541 g/mol. The van der Waals surface area contributed by atoms with E-state index in [0.717, 1.165) is 58.6 Å². The van der Waals surface area contributed by atoms with Crippen LogP contribution >= 0.6 is 11.8 Å². The molecule has 1 unspecified atom stereocenters. The van der Waals surface area contributed by atoms with Gasteiger partial charge in [0.15, 0.2) is 11.3 Å². The number of tetrazole rings is 1. The summed E-state index contributed by atoms with van der Waals surface area (Å²) >= 11 is 1.70. The van der Waals surface area contributed by atoms with Crippen LogP contribution in [-0.4, -0.2) is 42.5 Å². The van der Waals surface area contributed by atoms with Crippen LogP contribution in [0.25, 0.3) is 0 Å². The van der Waals surface area contributed by atoms with Crippen molar-refractivity contribution in [2.75, 3.05) is 7.11 Å². The number of thioether (sulfide) groups is 1. The predicted molar refractivity (Wildman–Crippen MR) is 150 cm³/mol. The number of hydrogen-bond donors (Lipinski definition) is 1. The molecule has 2 heterocycles. The summed E-state index contributed by atoms with van der Waals surface area (Å²) in [5, 5.41) is 24.5. The van der Waals surface area contributed by atoms with E-state index in [0.29, 0.717) is 12.4 Å². The van der Waals surface area contributed by atoms with Gasteiger partial charge in [-0.25, -0.2) is 0 Å². The third-order valence-corrected chi connectivity index (χ3v) is 7.33. The van der Waals surface area contributed by atoms with Gasteiger partial charge in [0.05, 0.1) is 13.7 Å². The second-order valence-electron chi connectivity index (χ2n) is 9.05. The molecule has 0 saturated heterocycles. The van der Waals surface area contributed by atoms with Gasteiger partial charge in [-0.3, -0.25) is 0 Å². The van der Waals surface area contributed by atoms with Crippen molar-refractivity contribution in [3.63, 3.8) is 0 Å². The van der Waals surface area contributed by atoms with Crippen LogP contribution in [0.15, 0.2) is 84.0 Å². The van der Waals surface area contributed by atoms with Crippen molar-refractivity contribution in [2.24, 2.45) is 0 Å². The zero-order valence-corrected chi connectivity index (χ0v) is 22.8. The number of nitrogens with zero attached hydrogens (tertiary/aromatic N) is 6. The van der Waals surface area contributed by atoms with Gasteiger partial charge >= 0.3 is 0 Å². The van der Waals surface area contributed by atoms with Crippen LogP contribution in [0.3, 0.4) is 0 Å². The number of rotatable bonds is 13.